The Kier molecular flexibility index (Phi) is 29.5. The molecule has 458 valence electrons. The first-order valence-corrected chi connectivity index (χ1v) is 43.8. The molecule has 0 nitrogen and oxygen atoms in total. The van der Waals surface area contributed by atoms with Gasteiger partial charge in [0, 0.05) is 37.8 Å². The zero-order chi connectivity index (χ0) is 60.2. The number of halogens is 18. The molecule has 0 bridgehead atoms. The van der Waals surface area contributed by atoms with Crippen LogP contribution in [0.1, 0.15) is 0 Å². The average Bonchev–Trinajstić information content (AvgIpc) is 2.12. The minimum absolute atomic E-state index is 0. The first-order chi connectivity index (χ1) is 39.0. The van der Waals surface area contributed by atoms with Crippen molar-refractivity contribution in [1.29, 1.82) is 0 Å². The molecule has 0 amide bonds. The van der Waals surface area contributed by atoms with Gasteiger partial charge in [0.2, 0.25) is 0 Å². The molecule has 10 aromatic rings. The van der Waals surface area contributed by atoms with Crippen molar-refractivity contribution in [2.75, 3.05) is 0 Å². The number of rotatable bonds is 13. The maximum Gasteiger partial charge on any atom is 0.167 e. The molecular formula is C60H47F18S5Sb3. The van der Waals surface area contributed by atoms with Crippen molar-refractivity contribution in [2.45, 2.75) is 63.6 Å². The van der Waals surface area contributed by atoms with Gasteiger partial charge in [0.1, 0.15) is 0 Å². The molecule has 0 heterocycles. The van der Waals surface area contributed by atoms with Crippen LogP contribution in [0.5, 0.6) is 0 Å². The van der Waals surface area contributed by atoms with Crippen molar-refractivity contribution in [3.05, 3.63) is 285 Å². The van der Waals surface area contributed by atoms with Crippen LogP contribution in [0.4, 0.5) is 42.2 Å². The summed E-state index contributed by atoms with van der Waals surface area (Å²) < 4.78 is 149. The number of hydrogen-bond acceptors (Lipinski definition) is 2. The Morgan fingerprint density at radius 2 is 0.326 bits per heavy atom. The molecule has 0 atom stereocenters. The van der Waals surface area contributed by atoms with E-state index < -0.39 is 60.9 Å². The van der Waals surface area contributed by atoms with Crippen molar-refractivity contribution in [3.63, 3.8) is 0 Å². The monoisotopic (exact) mass is 1630 g/mol. The summed E-state index contributed by atoms with van der Waals surface area (Å²) in [4.78, 5) is 17.1. The smallest absolute Gasteiger partial charge is 0.0899 e. The van der Waals surface area contributed by atoms with Gasteiger partial charge in [0.05, 0.1) is 32.7 Å². The third-order valence-electron chi connectivity index (χ3n) is 10.2. The van der Waals surface area contributed by atoms with Crippen LogP contribution < -0.4 is 14.1 Å². The Balaban J connectivity index is 0.000000354. The SMILES string of the molecule is [F-].[F-].[F-].[F][Sb]([F])([F])([F])[F].[F][Sb]([F])([F])([F])[F].[F][Sb]([F])([F])([F])[F].c1ccc(Sc2cccc([S+](c3ccccc3)c3ccccc3)c2)cc1.c1ccc([S+](c2ccccc2)c2cccc(Sc3cccc([S+](c4ccccc4)c4ccccc4)c3)c2)cc1. The van der Waals surface area contributed by atoms with E-state index in [1.54, 1.807) is 0 Å². The molecule has 0 aliphatic rings. The maximum absolute atomic E-state index is 9.91. The van der Waals surface area contributed by atoms with E-state index in [2.05, 4.69) is 285 Å². The van der Waals surface area contributed by atoms with Crippen molar-refractivity contribution < 1.29 is 56.3 Å². The van der Waals surface area contributed by atoms with Crippen LogP contribution >= 0.6 is 23.5 Å². The summed E-state index contributed by atoms with van der Waals surface area (Å²) in [6, 6.07) is 103. The Morgan fingerprint density at radius 3 is 0.512 bits per heavy atom. The molecule has 0 aliphatic heterocycles. The van der Waals surface area contributed by atoms with E-state index in [4.69, 9.17) is 0 Å². The van der Waals surface area contributed by atoms with Crippen molar-refractivity contribution in [3.8, 4) is 0 Å². The zero-order valence-electron chi connectivity index (χ0n) is 43.8. The number of benzene rings is 10. The Labute approximate surface area is 517 Å². The molecule has 0 fully saturated rings. The fourth-order valence-corrected chi connectivity index (χ4v) is 15.8. The first kappa shape index (κ1) is 75.4. The molecule has 86 heavy (non-hydrogen) atoms. The van der Waals surface area contributed by atoms with E-state index >= 15 is 0 Å². The van der Waals surface area contributed by atoms with Gasteiger partial charge in [-0.05, 0) is 121 Å². The summed E-state index contributed by atoms with van der Waals surface area (Å²) in [6.07, 6.45) is 0. The number of hydrogen-bond donors (Lipinski definition) is 0. The third kappa shape index (κ3) is 30.9. The second-order valence-corrected chi connectivity index (χ2v) is 36.0. The Morgan fingerprint density at radius 1 is 0.186 bits per heavy atom. The average molecular weight is 1640 g/mol. The normalized spacial score (nSPS) is 12.3. The van der Waals surface area contributed by atoms with Crippen LogP contribution in [-0.4, -0.2) is 60.9 Å². The van der Waals surface area contributed by atoms with E-state index in [1.807, 2.05) is 23.5 Å². The van der Waals surface area contributed by atoms with Gasteiger partial charge in [-0.2, -0.15) is 0 Å². The van der Waals surface area contributed by atoms with Gasteiger partial charge in [-0.1, -0.05) is 169 Å². The molecule has 0 aromatic heterocycles. The summed E-state index contributed by atoms with van der Waals surface area (Å²) in [7, 11) is -0.409. The summed E-state index contributed by atoms with van der Waals surface area (Å²) in [5.74, 6) is 0. The van der Waals surface area contributed by atoms with Gasteiger partial charge >= 0.3 is 103 Å². The topological polar surface area (TPSA) is 0 Å². The van der Waals surface area contributed by atoms with Crippen LogP contribution in [0.2, 0.25) is 0 Å². The van der Waals surface area contributed by atoms with Gasteiger partial charge in [-0.3, -0.25) is 0 Å². The largest absolute Gasteiger partial charge is 0.167 e. The van der Waals surface area contributed by atoms with Gasteiger partial charge in [0.25, 0.3) is 0 Å². The quantitative estimate of drug-likeness (QED) is 0.0641. The predicted octanol–water partition coefficient (Wildman–Crippen LogP) is 13.1. The van der Waals surface area contributed by atoms with Crippen molar-refractivity contribution in [1.82, 2.24) is 0 Å². The molecule has 10 aromatic carbocycles. The van der Waals surface area contributed by atoms with E-state index in [1.165, 1.54) is 63.6 Å². The summed E-state index contributed by atoms with van der Waals surface area (Å²) in [6.45, 7) is 0. The fraction of sp³-hybridized carbons (Fsp3) is 0. The van der Waals surface area contributed by atoms with Gasteiger partial charge in [-0.15, -0.1) is 0 Å². The predicted molar refractivity (Wildman–Crippen MR) is 313 cm³/mol. The van der Waals surface area contributed by atoms with E-state index in [0.29, 0.717) is 0 Å². The molecule has 0 saturated heterocycles. The molecule has 0 aliphatic carbocycles. The standard InChI is InChI=1S/C36H28S3.C24H19S2.18FH.3Sb/c1-5-17-31(18-6-1)38(32-19-7-2-8-20-32)35-25-13-15-29(27-35)37-30-16-14-26-36(28-30)39(33-21-9-3-10-22-33)34-23-11-4-12-24-34;1-4-11-20(12-5-1)25-21-13-10-18-24(19-21)26(22-14-6-2-7-15-22)23-16-8-3-9-17-23;;;;;;;;;;;;;;;;;;;;;/h1-28H;1-19H;18*1H;;;/q+2;+1;;;;;;;;;;;;;;;;;;;3*+5/p-18. The molecule has 0 radical (unpaired) electrons. The van der Waals surface area contributed by atoms with Gasteiger partial charge in [0.15, 0.2) is 44.1 Å². The first-order valence-electron chi connectivity index (χ1n) is 24.0. The molecule has 0 unspecified atom stereocenters. The van der Waals surface area contributed by atoms with Crippen LogP contribution in [-0.2, 0) is 32.7 Å². The summed E-state index contributed by atoms with van der Waals surface area (Å²) in [5, 5.41) is 0. The molecule has 0 spiro atoms. The summed E-state index contributed by atoms with van der Waals surface area (Å²) >= 11 is -23.9. The van der Waals surface area contributed by atoms with Crippen LogP contribution in [0.25, 0.3) is 0 Å². The van der Waals surface area contributed by atoms with Crippen molar-refractivity contribution >= 4 is 117 Å². The van der Waals surface area contributed by atoms with Crippen molar-refractivity contribution in [2.24, 2.45) is 0 Å². The molecule has 0 saturated carbocycles. The Bertz CT molecular complexity index is 3220. The molecular weight excluding hydrogens is 1590 g/mol. The maximum atomic E-state index is 9.91. The van der Waals surface area contributed by atoms with Gasteiger partial charge in [-0.25, -0.2) is 0 Å². The second-order valence-electron chi connectivity index (χ2n) is 16.7. The molecule has 0 N–H and O–H groups in total. The van der Waals surface area contributed by atoms with Crippen LogP contribution in [0.3, 0.4) is 0 Å². The Hall–Kier alpha value is -4.86. The third-order valence-corrected chi connectivity index (χ3v) is 18.8. The minimum Gasteiger partial charge on any atom is -0.0899 e. The fourth-order valence-electron chi connectivity index (χ4n) is 7.32. The minimum atomic E-state index is -9.19. The van der Waals surface area contributed by atoms with Gasteiger partial charge < -0.3 is 14.1 Å². The van der Waals surface area contributed by atoms with E-state index in [9.17, 15) is 42.2 Å². The van der Waals surface area contributed by atoms with E-state index in [-0.39, 0.29) is 46.8 Å². The van der Waals surface area contributed by atoms with E-state index in [0.717, 1.165) is 0 Å². The second kappa shape index (κ2) is 33.6. The zero-order valence-corrected chi connectivity index (χ0v) is 55.6. The molecule has 26 heteroatoms. The van der Waals surface area contributed by atoms with Crippen LogP contribution in [0.15, 0.2) is 349 Å². The molecule has 10 rings (SSSR count). The summed E-state index contributed by atoms with van der Waals surface area (Å²) in [5.41, 5.74) is 0. The van der Waals surface area contributed by atoms with Crippen LogP contribution in [0, 0.1) is 0 Å².